The molecule has 1 unspecified atom stereocenters. The topological polar surface area (TPSA) is 61.8 Å². The van der Waals surface area contributed by atoms with Gasteiger partial charge >= 0.3 is 0 Å². The monoisotopic (exact) mass is 557 g/mol. The third-order valence-corrected chi connectivity index (χ3v) is 6.64. The van der Waals surface area contributed by atoms with Gasteiger partial charge < -0.3 is 15.4 Å². The molecule has 1 atom stereocenters. The third-order valence-electron chi connectivity index (χ3n) is 5.59. The van der Waals surface area contributed by atoms with Crippen molar-refractivity contribution >= 4 is 41.3 Å². The maximum atomic E-state index is 5.34. The van der Waals surface area contributed by atoms with Gasteiger partial charge in [0.05, 0.1) is 23.9 Å². The number of hydrogen-bond acceptors (Lipinski definition) is 5. The van der Waals surface area contributed by atoms with Crippen LogP contribution in [0.5, 0.6) is 5.75 Å². The van der Waals surface area contributed by atoms with Gasteiger partial charge in [-0.25, -0.2) is 4.98 Å². The van der Waals surface area contributed by atoms with E-state index in [2.05, 4.69) is 62.1 Å². The van der Waals surface area contributed by atoms with Crippen LogP contribution in [-0.2, 0) is 12.8 Å². The van der Waals surface area contributed by atoms with Gasteiger partial charge in [0.2, 0.25) is 0 Å². The fourth-order valence-corrected chi connectivity index (χ4v) is 4.64. The van der Waals surface area contributed by atoms with Crippen molar-refractivity contribution in [3.63, 3.8) is 0 Å². The summed E-state index contributed by atoms with van der Waals surface area (Å²) in [6.45, 7) is 6.09. The number of piperidine rings is 1. The van der Waals surface area contributed by atoms with E-state index in [1.165, 1.54) is 29.8 Å². The number of aromatic nitrogens is 1. The largest absolute Gasteiger partial charge is 0.497 e. The van der Waals surface area contributed by atoms with Crippen LogP contribution in [0.3, 0.4) is 0 Å². The molecular formula is C23H36IN5OS. The molecule has 1 aromatic carbocycles. The summed E-state index contributed by atoms with van der Waals surface area (Å²) >= 11 is 1.75. The molecule has 3 rings (SSSR count). The number of guanidine groups is 1. The second kappa shape index (κ2) is 13.9. The molecule has 31 heavy (non-hydrogen) atoms. The summed E-state index contributed by atoms with van der Waals surface area (Å²) in [5, 5.41) is 10.3. The summed E-state index contributed by atoms with van der Waals surface area (Å²) in [4.78, 5) is 11.6. The van der Waals surface area contributed by atoms with Crippen molar-refractivity contribution in [2.75, 3.05) is 40.3 Å². The summed E-state index contributed by atoms with van der Waals surface area (Å²) < 4.78 is 5.34. The Balaban J connectivity index is 0.00000341. The molecule has 0 spiro atoms. The van der Waals surface area contributed by atoms with E-state index in [-0.39, 0.29) is 24.0 Å². The number of aryl methyl sites for hydroxylation is 1. The average molecular weight is 558 g/mol. The van der Waals surface area contributed by atoms with Gasteiger partial charge in [0.1, 0.15) is 5.75 Å². The highest BCUT2D eigenvalue weighted by molar-refractivity contribution is 14.0. The van der Waals surface area contributed by atoms with Gasteiger partial charge in [-0.3, -0.25) is 9.89 Å². The van der Waals surface area contributed by atoms with Crippen LogP contribution < -0.4 is 15.4 Å². The number of hydrogen-bond donors (Lipinski definition) is 2. The van der Waals surface area contributed by atoms with Crippen LogP contribution in [0.15, 0.2) is 34.6 Å². The van der Waals surface area contributed by atoms with E-state index < -0.39 is 0 Å². The van der Waals surface area contributed by atoms with Crippen molar-refractivity contribution in [2.45, 2.75) is 45.1 Å². The Bertz CT molecular complexity index is 790. The number of halogens is 1. The molecule has 0 saturated carbocycles. The molecule has 1 aliphatic heterocycles. The number of methoxy groups -OCH3 is 1. The number of nitrogens with zero attached hydrogens (tertiary/aromatic N) is 3. The van der Waals surface area contributed by atoms with Gasteiger partial charge in [-0.1, -0.05) is 25.5 Å². The summed E-state index contributed by atoms with van der Waals surface area (Å²) in [5.41, 5.74) is 2.47. The molecule has 2 N–H and O–H groups in total. The average Bonchev–Trinajstić information content (AvgIpc) is 3.27. The van der Waals surface area contributed by atoms with E-state index in [1.54, 1.807) is 18.4 Å². The lowest BCUT2D eigenvalue weighted by molar-refractivity contribution is 0.164. The SMILES string of the molecule is CCc1nc(CCNC(=NC)NCC(c2ccc(OC)cc2)N2CCCCC2)cs1.I. The standard InChI is InChI=1S/C23H35N5OS.HI/c1-4-22-27-19(17-30-22)12-13-25-23(24-2)26-16-21(28-14-6-5-7-15-28)18-8-10-20(29-3)11-9-18;/h8-11,17,21H,4-7,12-16H2,1-3H3,(H2,24,25,26);1H. The summed E-state index contributed by atoms with van der Waals surface area (Å²) in [5.74, 6) is 1.74. The highest BCUT2D eigenvalue weighted by Crippen LogP contribution is 2.25. The van der Waals surface area contributed by atoms with Crippen LogP contribution in [-0.4, -0.2) is 56.2 Å². The zero-order valence-electron chi connectivity index (χ0n) is 18.9. The van der Waals surface area contributed by atoms with Gasteiger partial charge in [-0.05, 0) is 50.0 Å². The van der Waals surface area contributed by atoms with Gasteiger partial charge in [0.15, 0.2) is 5.96 Å². The predicted octanol–water partition coefficient (Wildman–Crippen LogP) is 4.27. The van der Waals surface area contributed by atoms with Crippen molar-refractivity contribution in [2.24, 2.45) is 4.99 Å². The van der Waals surface area contributed by atoms with Crippen molar-refractivity contribution in [3.05, 3.63) is 45.9 Å². The molecule has 6 nitrogen and oxygen atoms in total. The van der Waals surface area contributed by atoms with Crippen molar-refractivity contribution in [1.82, 2.24) is 20.5 Å². The van der Waals surface area contributed by atoms with Gasteiger partial charge in [-0.15, -0.1) is 35.3 Å². The second-order valence-electron chi connectivity index (χ2n) is 7.60. The Morgan fingerprint density at radius 1 is 1.19 bits per heavy atom. The number of ether oxygens (including phenoxy) is 1. The number of likely N-dealkylation sites (tertiary alicyclic amines) is 1. The molecule has 2 aromatic rings. The molecule has 1 aliphatic rings. The van der Waals surface area contributed by atoms with E-state index in [1.807, 2.05) is 7.05 Å². The molecule has 0 aliphatic carbocycles. The zero-order chi connectivity index (χ0) is 21.2. The summed E-state index contributed by atoms with van der Waals surface area (Å²) in [6.07, 6.45) is 5.79. The Labute approximate surface area is 207 Å². The Hall–Kier alpha value is -1.39. The van der Waals surface area contributed by atoms with Crippen LogP contribution in [0, 0.1) is 0 Å². The van der Waals surface area contributed by atoms with Crippen molar-refractivity contribution < 1.29 is 4.74 Å². The van der Waals surface area contributed by atoms with Gasteiger partial charge in [-0.2, -0.15) is 0 Å². The second-order valence-corrected chi connectivity index (χ2v) is 8.54. The molecule has 1 saturated heterocycles. The van der Waals surface area contributed by atoms with Crippen molar-refractivity contribution in [3.8, 4) is 5.75 Å². The minimum atomic E-state index is 0. The van der Waals surface area contributed by atoms with E-state index in [0.717, 1.165) is 56.4 Å². The first kappa shape index (κ1) is 25.9. The Morgan fingerprint density at radius 3 is 2.55 bits per heavy atom. The lowest BCUT2D eigenvalue weighted by Gasteiger charge is -2.35. The third kappa shape index (κ3) is 7.91. The van der Waals surface area contributed by atoms with Gasteiger partial charge in [0.25, 0.3) is 0 Å². The van der Waals surface area contributed by atoms with E-state index in [4.69, 9.17) is 4.74 Å². The Morgan fingerprint density at radius 2 is 1.94 bits per heavy atom. The summed E-state index contributed by atoms with van der Waals surface area (Å²) in [6, 6.07) is 8.79. The van der Waals surface area contributed by atoms with Crippen LogP contribution in [0.4, 0.5) is 0 Å². The van der Waals surface area contributed by atoms with E-state index in [0.29, 0.717) is 6.04 Å². The maximum absolute atomic E-state index is 5.34. The maximum Gasteiger partial charge on any atom is 0.191 e. The van der Waals surface area contributed by atoms with Crippen LogP contribution in [0.2, 0.25) is 0 Å². The molecule has 8 heteroatoms. The normalized spacial score (nSPS) is 15.8. The molecule has 1 aromatic heterocycles. The Kier molecular flexibility index (Phi) is 11.6. The first-order valence-electron chi connectivity index (χ1n) is 11.0. The van der Waals surface area contributed by atoms with Crippen LogP contribution >= 0.6 is 35.3 Å². The molecule has 1 fully saturated rings. The first-order valence-corrected chi connectivity index (χ1v) is 11.9. The highest BCUT2D eigenvalue weighted by Gasteiger charge is 2.22. The van der Waals surface area contributed by atoms with Gasteiger partial charge in [0, 0.05) is 31.9 Å². The molecule has 2 heterocycles. The number of nitrogens with one attached hydrogen (secondary N) is 2. The highest BCUT2D eigenvalue weighted by atomic mass is 127. The predicted molar refractivity (Wildman–Crippen MR) is 141 cm³/mol. The lowest BCUT2D eigenvalue weighted by Crippen LogP contribution is -2.44. The fourth-order valence-electron chi connectivity index (χ4n) is 3.86. The van der Waals surface area contributed by atoms with E-state index in [9.17, 15) is 0 Å². The number of thiazole rings is 1. The number of benzene rings is 1. The molecule has 0 radical (unpaired) electrons. The minimum Gasteiger partial charge on any atom is -0.497 e. The zero-order valence-corrected chi connectivity index (χ0v) is 22.0. The lowest BCUT2D eigenvalue weighted by atomic mass is 10.0. The van der Waals surface area contributed by atoms with Crippen LogP contribution in [0.25, 0.3) is 0 Å². The fraction of sp³-hybridized carbons (Fsp3) is 0.565. The van der Waals surface area contributed by atoms with Crippen molar-refractivity contribution in [1.29, 1.82) is 0 Å². The van der Waals surface area contributed by atoms with E-state index >= 15 is 0 Å². The molecule has 172 valence electrons. The molecule has 0 amide bonds. The molecular weight excluding hydrogens is 521 g/mol. The number of rotatable bonds is 9. The summed E-state index contributed by atoms with van der Waals surface area (Å²) in [7, 11) is 3.54. The first-order chi connectivity index (χ1) is 14.7. The smallest absolute Gasteiger partial charge is 0.191 e. The van der Waals surface area contributed by atoms with Crippen LogP contribution in [0.1, 0.15) is 48.5 Å². The minimum absolute atomic E-state index is 0. The number of aliphatic imine (C=N–C) groups is 1. The quantitative estimate of drug-likeness (QED) is 0.274. The molecule has 0 bridgehead atoms.